The standard InChI is InChI=1S/2C7H9.2ClH.Hf/c2*1-2-7-5-3-4-6-7;;;/h2*3-6H,2H2,1H3;2*1H;/q2*-1;;;. The third-order valence-electron chi connectivity index (χ3n) is 2.28. The van der Waals surface area contributed by atoms with E-state index in [4.69, 9.17) is 0 Å². The van der Waals surface area contributed by atoms with Gasteiger partial charge in [-0.3, -0.25) is 0 Å². The van der Waals surface area contributed by atoms with Gasteiger partial charge in [0.15, 0.2) is 0 Å². The van der Waals surface area contributed by atoms with Gasteiger partial charge in [-0.2, -0.15) is 35.4 Å². The first-order chi connectivity index (χ1) is 6.86. The molecule has 0 amide bonds. The smallest absolute Gasteiger partial charge is 0 e. The van der Waals surface area contributed by atoms with Crippen LogP contribution in [0.1, 0.15) is 25.0 Å². The van der Waals surface area contributed by atoms with Crippen molar-refractivity contribution in [1.29, 1.82) is 0 Å². The maximum Gasteiger partial charge on any atom is 0 e. The van der Waals surface area contributed by atoms with Crippen LogP contribution < -0.4 is 0 Å². The minimum atomic E-state index is 0. The fraction of sp³-hybridized carbons (Fsp3) is 0.286. The van der Waals surface area contributed by atoms with Crippen molar-refractivity contribution in [3.63, 3.8) is 0 Å². The Morgan fingerprint density at radius 1 is 0.824 bits per heavy atom. The van der Waals surface area contributed by atoms with Crippen LogP contribution in [0.2, 0.25) is 0 Å². The molecule has 0 aliphatic carbocycles. The largest absolute Gasteiger partial charge is 0.213 e. The normalized spacial score (nSPS) is 7.65. The van der Waals surface area contributed by atoms with Gasteiger partial charge in [0, 0.05) is 25.8 Å². The second kappa shape index (κ2) is 14.2. The Hall–Kier alpha value is 0.150. The number of halogens is 2. The molecule has 0 spiro atoms. The van der Waals surface area contributed by atoms with E-state index in [1.165, 1.54) is 11.1 Å². The van der Waals surface area contributed by atoms with E-state index in [-0.39, 0.29) is 50.7 Å². The van der Waals surface area contributed by atoms with Gasteiger partial charge in [0.1, 0.15) is 0 Å². The Balaban J connectivity index is -0.000000196. The first-order valence-electron chi connectivity index (χ1n) is 5.28. The molecular formula is C14H20Cl2Hf-2. The molecule has 0 aliphatic heterocycles. The van der Waals surface area contributed by atoms with Crippen LogP contribution in [-0.4, -0.2) is 0 Å². The fourth-order valence-electron chi connectivity index (χ4n) is 1.30. The number of rotatable bonds is 2. The van der Waals surface area contributed by atoms with Gasteiger partial charge in [-0.25, -0.2) is 24.3 Å². The maximum atomic E-state index is 2.16. The van der Waals surface area contributed by atoms with Gasteiger partial charge in [0.2, 0.25) is 0 Å². The van der Waals surface area contributed by atoms with Crippen LogP contribution in [0.3, 0.4) is 0 Å². The Morgan fingerprint density at radius 2 is 1.18 bits per heavy atom. The molecule has 0 fully saturated rings. The molecule has 2 aromatic carbocycles. The average Bonchev–Trinajstić information content (AvgIpc) is 2.92. The maximum absolute atomic E-state index is 2.16. The van der Waals surface area contributed by atoms with E-state index in [2.05, 4.69) is 62.4 Å². The number of hydrogen-bond acceptors (Lipinski definition) is 0. The van der Waals surface area contributed by atoms with E-state index < -0.39 is 0 Å². The zero-order chi connectivity index (χ0) is 10.2. The molecule has 0 saturated carbocycles. The molecule has 2 rings (SSSR count). The molecule has 0 unspecified atom stereocenters. The molecule has 0 heterocycles. The summed E-state index contributed by atoms with van der Waals surface area (Å²) in [6, 6.07) is 16.8. The molecule has 3 heteroatoms. The van der Waals surface area contributed by atoms with Gasteiger partial charge in [-0.15, -0.1) is 24.8 Å². The SMILES string of the molecule is CCc1ccc[cH-]1.CCc1ccc[cH-]1.Cl.Cl.[Hf]. The quantitative estimate of drug-likeness (QED) is 0.469. The zero-order valence-electron chi connectivity index (χ0n) is 10.3. The third kappa shape index (κ3) is 9.82. The Bertz CT molecular complexity index is 278. The molecule has 0 bridgehead atoms. The van der Waals surface area contributed by atoms with Crippen LogP contribution in [0.5, 0.6) is 0 Å². The third-order valence-corrected chi connectivity index (χ3v) is 2.28. The van der Waals surface area contributed by atoms with E-state index >= 15 is 0 Å². The molecule has 0 atom stereocenters. The van der Waals surface area contributed by atoms with Crippen molar-refractivity contribution in [2.75, 3.05) is 0 Å². The van der Waals surface area contributed by atoms with Crippen LogP contribution >= 0.6 is 24.8 Å². The summed E-state index contributed by atoms with van der Waals surface area (Å²) in [4.78, 5) is 0. The summed E-state index contributed by atoms with van der Waals surface area (Å²) in [5, 5.41) is 0. The van der Waals surface area contributed by atoms with Crippen molar-refractivity contribution < 1.29 is 25.8 Å². The van der Waals surface area contributed by atoms with Crippen molar-refractivity contribution in [3.05, 3.63) is 59.7 Å². The number of aryl methyl sites for hydroxylation is 2. The van der Waals surface area contributed by atoms with Gasteiger partial charge < -0.3 is 0 Å². The Labute approximate surface area is 136 Å². The predicted octanol–water partition coefficient (Wildman–Crippen LogP) is 4.78. The fourth-order valence-corrected chi connectivity index (χ4v) is 1.30. The Morgan fingerprint density at radius 3 is 1.29 bits per heavy atom. The van der Waals surface area contributed by atoms with Crippen molar-refractivity contribution in [2.24, 2.45) is 0 Å². The van der Waals surface area contributed by atoms with E-state index in [0.717, 1.165) is 12.8 Å². The number of hydrogen-bond donors (Lipinski definition) is 0. The van der Waals surface area contributed by atoms with Gasteiger partial charge >= 0.3 is 0 Å². The van der Waals surface area contributed by atoms with Crippen LogP contribution in [0.15, 0.2) is 48.5 Å². The van der Waals surface area contributed by atoms with Crippen molar-refractivity contribution >= 4 is 24.8 Å². The van der Waals surface area contributed by atoms with Gasteiger partial charge in [-0.05, 0) is 0 Å². The molecular weight excluding hydrogens is 418 g/mol. The minimum absolute atomic E-state index is 0. The molecule has 17 heavy (non-hydrogen) atoms. The van der Waals surface area contributed by atoms with Crippen LogP contribution in [0, 0.1) is 0 Å². The van der Waals surface area contributed by atoms with Gasteiger partial charge in [0.05, 0.1) is 0 Å². The molecule has 0 aliphatic rings. The molecule has 2 aromatic rings. The molecule has 0 nitrogen and oxygen atoms in total. The van der Waals surface area contributed by atoms with Crippen molar-refractivity contribution in [1.82, 2.24) is 0 Å². The van der Waals surface area contributed by atoms with Crippen molar-refractivity contribution in [2.45, 2.75) is 26.7 Å². The molecule has 96 valence electrons. The van der Waals surface area contributed by atoms with Crippen LogP contribution in [0.25, 0.3) is 0 Å². The second-order valence-electron chi connectivity index (χ2n) is 3.29. The van der Waals surface area contributed by atoms with Gasteiger partial charge in [-0.1, -0.05) is 26.7 Å². The van der Waals surface area contributed by atoms with E-state index in [9.17, 15) is 0 Å². The predicted molar refractivity (Wildman–Crippen MR) is 77.3 cm³/mol. The van der Waals surface area contributed by atoms with Crippen LogP contribution in [0.4, 0.5) is 0 Å². The first kappa shape index (κ1) is 22.3. The van der Waals surface area contributed by atoms with E-state index in [1.807, 2.05) is 0 Å². The van der Waals surface area contributed by atoms with E-state index in [1.54, 1.807) is 0 Å². The second-order valence-corrected chi connectivity index (χ2v) is 3.29. The summed E-state index contributed by atoms with van der Waals surface area (Å²) in [6.45, 7) is 4.32. The molecule has 0 aromatic heterocycles. The molecule has 0 N–H and O–H groups in total. The van der Waals surface area contributed by atoms with Crippen molar-refractivity contribution in [3.8, 4) is 0 Å². The summed E-state index contributed by atoms with van der Waals surface area (Å²) >= 11 is 0. The monoisotopic (exact) mass is 438 g/mol. The average molecular weight is 438 g/mol. The van der Waals surface area contributed by atoms with Crippen LogP contribution in [-0.2, 0) is 38.7 Å². The Kier molecular flexibility index (Phi) is 18.7. The summed E-state index contributed by atoms with van der Waals surface area (Å²) in [5.41, 5.74) is 2.86. The first-order valence-corrected chi connectivity index (χ1v) is 5.28. The van der Waals surface area contributed by atoms with E-state index in [0.29, 0.717) is 0 Å². The summed E-state index contributed by atoms with van der Waals surface area (Å²) in [5.74, 6) is 0. The summed E-state index contributed by atoms with van der Waals surface area (Å²) < 4.78 is 0. The molecule has 0 radical (unpaired) electrons. The summed E-state index contributed by atoms with van der Waals surface area (Å²) in [7, 11) is 0. The summed E-state index contributed by atoms with van der Waals surface area (Å²) in [6.07, 6.45) is 2.32. The molecule has 0 saturated heterocycles. The zero-order valence-corrected chi connectivity index (χ0v) is 15.6. The minimum Gasteiger partial charge on any atom is -0.213 e. The topological polar surface area (TPSA) is 0 Å². The van der Waals surface area contributed by atoms with Gasteiger partial charge in [0.25, 0.3) is 0 Å².